The van der Waals surface area contributed by atoms with Crippen molar-refractivity contribution in [3.05, 3.63) is 65.2 Å². The first kappa shape index (κ1) is 22.1. The van der Waals surface area contributed by atoms with E-state index in [0.29, 0.717) is 41.0 Å². The molecule has 1 N–H and O–H groups in total. The quantitative estimate of drug-likeness (QED) is 0.414. The zero-order chi connectivity index (χ0) is 23.4. The lowest BCUT2D eigenvalue weighted by Crippen LogP contribution is -2.28. The van der Waals surface area contributed by atoms with Crippen molar-refractivity contribution in [2.75, 3.05) is 27.4 Å². The Morgan fingerprint density at radius 1 is 0.939 bits per heavy atom. The first-order valence-electron chi connectivity index (χ1n) is 10.4. The van der Waals surface area contributed by atoms with E-state index in [1.807, 2.05) is 44.2 Å². The minimum Gasteiger partial charge on any atom is -0.493 e. The van der Waals surface area contributed by atoms with Crippen molar-refractivity contribution in [2.45, 2.75) is 13.8 Å². The summed E-state index contributed by atoms with van der Waals surface area (Å²) in [5.41, 5.74) is 4.08. The molecule has 0 fully saturated rings. The van der Waals surface area contributed by atoms with Crippen molar-refractivity contribution < 1.29 is 19.0 Å². The molecule has 2 aromatic heterocycles. The molecule has 2 heterocycles. The Balaban J connectivity index is 1.44. The second kappa shape index (κ2) is 9.56. The number of rotatable bonds is 8. The van der Waals surface area contributed by atoms with E-state index in [9.17, 15) is 4.79 Å². The molecule has 0 atom stereocenters. The normalized spacial score (nSPS) is 10.8. The van der Waals surface area contributed by atoms with E-state index >= 15 is 0 Å². The predicted molar refractivity (Wildman–Crippen MR) is 123 cm³/mol. The van der Waals surface area contributed by atoms with E-state index in [2.05, 4.69) is 20.6 Å². The van der Waals surface area contributed by atoms with E-state index in [4.69, 9.17) is 14.2 Å². The molecule has 0 spiro atoms. The number of aromatic nitrogens is 4. The lowest BCUT2D eigenvalue weighted by Gasteiger charge is -2.10. The van der Waals surface area contributed by atoms with Gasteiger partial charge in [0.15, 0.2) is 23.0 Å². The maximum Gasteiger partial charge on any atom is 0.251 e. The van der Waals surface area contributed by atoms with Crippen molar-refractivity contribution in [3.8, 4) is 28.8 Å². The molecule has 4 rings (SSSR count). The van der Waals surface area contributed by atoms with Crippen LogP contribution in [-0.2, 0) is 0 Å². The maximum absolute atomic E-state index is 12.4. The molecule has 0 aliphatic rings. The number of fused-ring (bicyclic) bond motifs is 1. The number of ether oxygens (including phenoxy) is 3. The molecule has 0 bridgehead atoms. The van der Waals surface area contributed by atoms with Gasteiger partial charge < -0.3 is 19.5 Å². The fraction of sp³-hybridized carbons (Fsp3) is 0.250. The van der Waals surface area contributed by atoms with Gasteiger partial charge in [0.25, 0.3) is 5.91 Å². The van der Waals surface area contributed by atoms with Gasteiger partial charge in [-0.3, -0.25) is 4.79 Å². The van der Waals surface area contributed by atoms with Crippen molar-refractivity contribution in [2.24, 2.45) is 0 Å². The van der Waals surface area contributed by atoms with Gasteiger partial charge in [0, 0.05) is 17.2 Å². The molecule has 33 heavy (non-hydrogen) atoms. The van der Waals surface area contributed by atoms with Crippen molar-refractivity contribution in [1.82, 2.24) is 25.1 Å². The van der Waals surface area contributed by atoms with Gasteiger partial charge in [0.2, 0.25) is 5.88 Å². The standard InChI is InChI=1S/C24H25N5O4/c1-15-11-16(2)13-18(12-15)24(30)25-9-10-33-22-8-7-21-26-27-23(29(21)28-22)17-5-6-19(31-3)20(14-17)32-4/h5-8,11-14H,9-10H2,1-4H3,(H,25,30). The maximum atomic E-state index is 12.4. The zero-order valence-corrected chi connectivity index (χ0v) is 19.0. The number of hydrogen-bond acceptors (Lipinski definition) is 7. The highest BCUT2D eigenvalue weighted by molar-refractivity contribution is 5.94. The lowest BCUT2D eigenvalue weighted by molar-refractivity contribution is 0.0946. The van der Waals surface area contributed by atoms with Crippen LogP contribution < -0.4 is 19.5 Å². The fourth-order valence-electron chi connectivity index (χ4n) is 3.53. The van der Waals surface area contributed by atoms with Crippen LogP contribution in [0.3, 0.4) is 0 Å². The topological polar surface area (TPSA) is 99.9 Å². The monoisotopic (exact) mass is 447 g/mol. The van der Waals surface area contributed by atoms with E-state index in [1.54, 1.807) is 36.9 Å². The van der Waals surface area contributed by atoms with Gasteiger partial charge in [-0.2, -0.15) is 4.52 Å². The summed E-state index contributed by atoms with van der Waals surface area (Å²) in [6, 6.07) is 14.7. The van der Waals surface area contributed by atoms with Crippen LogP contribution in [0.2, 0.25) is 0 Å². The summed E-state index contributed by atoms with van der Waals surface area (Å²) in [5.74, 6) is 2.00. The second-order valence-electron chi connectivity index (χ2n) is 7.52. The minimum atomic E-state index is -0.136. The number of hydrogen-bond donors (Lipinski definition) is 1. The number of nitrogens with one attached hydrogen (secondary N) is 1. The van der Waals surface area contributed by atoms with Gasteiger partial charge in [-0.1, -0.05) is 17.2 Å². The Kier molecular flexibility index (Phi) is 6.39. The molecule has 2 aromatic carbocycles. The van der Waals surface area contributed by atoms with Crippen molar-refractivity contribution in [3.63, 3.8) is 0 Å². The Hall–Kier alpha value is -4.14. The summed E-state index contributed by atoms with van der Waals surface area (Å²) in [6.45, 7) is 4.55. The summed E-state index contributed by atoms with van der Waals surface area (Å²) in [5, 5.41) is 15.8. The van der Waals surface area contributed by atoms with Crippen LogP contribution in [0.15, 0.2) is 48.5 Å². The highest BCUT2D eigenvalue weighted by Crippen LogP contribution is 2.31. The number of nitrogens with zero attached hydrogens (tertiary/aromatic N) is 4. The van der Waals surface area contributed by atoms with Crippen molar-refractivity contribution >= 4 is 11.6 Å². The highest BCUT2D eigenvalue weighted by atomic mass is 16.5. The smallest absolute Gasteiger partial charge is 0.251 e. The van der Waals surface area contributed by atoms with Crippen molar-refractivity contribution in [1.29, 1.82) is 0 Å². The Morgan fingerprint density at radius 3 is 2.42 bits per heavy atom. The number of amides is 1. The van der Waals surface area contributed by atoms with E-state index in [-0.39, 0.29) is 12.5 Å². The molecule has 1 amide bonds. The van der Waals surface area contributed by atoms with Crippen LogP contribution >= 0.6 is 0 Å². The first-order chi connectivity index (χ1) is 16.0. The molecule has 0 aliphatic heterocycles. The number of benzene rings is 2. The van der Waals surface area contributed by atoms with Crippen LogP contribution in [0.4, 0.5) is 0 Å². The Morgan fingerprint density at radius 2 is 1.70 bits per heavy atom. The molecule has 0 aliphatic carbocycles. The molecule has 0 saturated heterocycles. The van der Waals surface area contributed by atoms with Gasteiger partial charge >= 0.3 is 0 Å². The highest BCUT2D eigenvalue weighted by Gasteiger charge is 2.14. The summed E-state index contributed by atoms with van der Waals surface area (Å²) in [7, 11) is 3.16. The molecular weight excluding hydrogens is 422 g/mol. The van der Waals surface area contributed by atoms with Gasteiger partial charge in [-0.05, 0) is 50.2 Å². The summed E-state index contributed by atoms with van der Waals surface area (Å²) < 4.78 is 18.0. The third-order valence-corrected chi connectivity index (χ3v) is 5.00. The van der Waals surface area contributed by atoms with Crippen LogP contribution in [0.5, 0.6) is 17.4 Å². The summed E-state index contributed by atoms with van der Waals surface area (Å²) in [6.07, 6.45) is 0. The van der Waals surface area contributed by atoms with E-state index in [1.165, 1.54) is 0 Å². The largest absolute Gasteiger partial charge is 0.493 e. The van der Waals surface area contributed by atoms with Crippen LogP contribution in [0.25, 0.3) is 17.0 Å². The lowest BCUT2D eigenvalue weighted by atomic mass is 10.1. The van der Waals surface area contributed by atoms with E-state index < -0.39 is 0 Å². The molecule has 170 valence electrons. The predicted octanol–water partition coefficient (Wildman–Crippen LogP) is 3.23. The molecular formula is C24H25N5O4. The molecule has 9 heteroatoms. The molecule has 4 aromatic rings. The third-order valence-electron chi connectivity index (χ3n) is 5.00. The number of carbonyl (C=O) groups is 1. The molecule has 9 nitrogen and oxygen atoms in total. The number of aryl methyl sites for hydroxylation is 2. The molecule has 0 radical (unpaired) electrons. The summed E-state index contributed by atoms with van der Waals surface area (Å²) >= 11 is 0. The number of carbonyl (C=O) groups excluding carboxylic acids is 1. The zero-order valence-electron chi connectivity index (χ0n) is 19.0. The van der Waals surface area contributed by atoms with Gasteiger partial charge in [-0.25, -0.2) is 0 Å². The Bertz CT molecular complexity index is 1280. The summed E-state index contributed by atoms with van der Waals surface area (Å²) in [4.78, 5) is 12.4. The second-order valence-corrected chi connectivity index (χ2v) is 7.52. The third kappa shape index (κ3) is 4.87. The minimum absolute atomic E-state index is 0.136. The molecule has 0 saturated carbocycles. The van der Waals surface area contributed by atoms with E-state index in [0.717, 1.165) is 16.7 Å². The SMILES string of the molecule is COc1ccc(-c2nnc3ccc(OCCNC(=O)c4cc(C)cc(C)c4)nn23)cc1OC. The first-order valence-corrected chi connectivity index (χ1v) is 10.4. The Labute approximate surface area is 191 Å². The fourth-order valence-corrected chi connectivity index (χ4v) is 3.53. The average Bonchev–Trinajstić information content (AvgIpc) is 3.24. The van der Waals surface area contributed by atoms with Crippen LogP contribution in [0, 0.1) is 13.8 Å². The molecule has 0 unspecified atom stereocenters. The number of methoxy groups -OCH3 is 2. The van der Waals surface area contributed by atoms with Crippen LogP contribution in [0.1, 0.15) is 21.5 Å². The van der Waals surface area contributed by atoms with Crippen LogP contribution in [-0.4, -0.2) is 53.1 Å². The van der Waals surface area contributed by atoms with Gasteiger partial charge in [0.1, 0.15) is 6.61 Å². The average molecular weight is 447 g/mol. The van der Waals surface area contributed by atoms with Gasteiger partial charge in [0.05, 0.1) is 20.8 Å². The van der Waals surface area contributed by atoms with Gasteiger partial charge in [-0.15, -0.1) is 15.3 Å².